The summed E-state index contributed by atoms with van der Waals surface area (Å²) in [4.78, 5) is 4.33. The zero-order valence-electron chi connectivity index (χ0n) is 12.8. The van der Waals surface area contributed by atoms with Gasteiger partial charge in [-0.3, -0.25) is 4.99 Å². The van der Waals surface area contributed by atoms with E-state index in [9.17, 15) is 0 Å². The number of guanidine groups is 1. The first kappa shape index (κ1) is 16.1. The molecule has 112 valence electrons. The summed E-state index contributed by atoms with van der Waals surface area (Å²) in [7, 11) is 3.31. The van der Waals surface area contributed by atoms with Crippen molar-refractivity contribution >= 4 is 5.96 Å². The molecule has 1 aromatic carbocycles. The molecular formula is C15H25N3O2. The molecule has 0 saturated carbocycles. The van der Waals surface area contributed by atoms with Crippen LogP contribution in [0.5, 0.6) is 11.5 Å². The fourth-order valence-electron chi connectivity index (χ4n) is 1.77. The van der Waals surface area contributed by atoms with Crippen molar-refractivity contribution in [2.24, 2.45) is 10.7 Å². The molecule has 20 heavy (non-hydrogen) atoms. The van der Waals surface area contributed by atoms with Crippen LogP contribution in [-0.2, 0) is 6.42 Å². The number of methoxy groups -OCH3 is 2. The highest BCUT2D eigenvalue weighted by Crippen LogP contribution is 2.24. The molecule has 0 radical (unpaired) electrons. The lowest BCUT2D eigenvalue weighted by molar-refractivity contribution is 0.399. The Bertz CT molecular complexity index is 447. The minimum atomic E-state index is 0.338. The molecule has 0 saturated heterocycles. The van der Waals surface area contributed by atoms with Crippen LogP contribution in [0.25, 0.3) is 0 Å². The minimum absolute atomic E-state index is 0.338. The molecule has 0 aliphatic heterocycles. The van der Waals surface area contributed by atoms with Gasteiger partial charge in [0.25, 0.3) is 0 Å². The SMILES string of the molecule is CCC(C)NC(N)=NCCc1cc(OC)ccc1OC. The first-order chi connectivity index (χ1) is 9.60. The molecular weight excluding hydrogens is 254 g/mol. The molecule has 1 rings (SSSR count). The third-order valence-corrected chi connectivity index (χ3v) is 3.16. The average molecular weight is 279 g/mol. The van der Waals surface area contributed by atoms with E-state index in [1.807, 2.05) is 18.2 Å². The maximum Gasteiger partial charge on any atom is 0.188 e. The molecule has 0 aliphatic carbocycles. The van der Waals surface area contributed by atoms with Crippen LogP contribution in [0.15, 0.2) is 23.2 Å². The Morgan fingerprint density at radius 1 is 1.35 bits per heavy atom. The van der Waals surface area contributed by atoms with Crippen LogP contribution in [0.2, 0.25) is 0 Å². The van der Waals surface area contributed by atoms with E-state index in [1.54, 1.807) is 14.2 Å². The van der Waals surface area contributed by atoms with Crippen molar-refractivity contribution in [3.8, 4) is 11.5 Å². The molecule has 5 heteroatoms. The predicted molar refractivity (Wildman–Crippen MR) is 82.6 cm³/mol. The van der Waals surface area contributed by atoms with E-state index in [2.05, 4.69) is 24.2 Å². The molecule has 0 bridgehead atoms. The van der Waals surface area contributed by atoms with Crippen LogP contribution in [0.1, 0.15) is 25.8 Å². The van der Waals surface area contributed by atoms with Gasteiger partial charge in [0.15, 0.2) is 5.96 Å². The van der Waals surface area contributed by atoms with Crippen LogP contribution in [0, 0.1) is 0 Å². The summed E-state index contributed by atoms with van der Waals surface area (Å²) in [5.41, 5.74) is 6.89. The van der Waals surface area contributed by atoms with Gasteiger partial charge in [-0.1, -0.05) is 6.92 Å². The highest BCUT2D eigenvalue weighted by atomic mass is 16.5. The molecule has 1 unspecified atom stereocenters. The number of rotatable bonds is 7. The molecule has 1 aromatic rings. The second kappa shape index (κ2) is 8.30. The molecule has 0 aliphatic rings. The highest BCUT2D eigenvalue weighted by Gasteiger charge is 2.05. The van der Waals surface area contributed by atoms with E-state index in [0.29, 0.717) is 18.5 Å². The lowest BCUT2D eigenvalue weighted by atomic mass is 10.1. The number of hydrogen-bond acceptors (Lipinski definition) is 3. The largest absolute Gasteiger partial charge is 0.497 e. The summed E-state index contributed by atoms with van der Waals surface area (Å²) >= 11 is 0. The van der Waals surface area contributed by atoms with Gasteiger partial charge in [0.2, 0.25) is 0 Å². The van der Waals surface area contributed by atoms with Crippen molar-refractivity contribution in [1.29, 1.82) is 0 Å². The molecule has 0 spiro atoms. The van der Waals surface area contributed by atoms with Crippen molar-refractivity contribution in [3.05, 3.63) is 23.8 Å². The van der Waals surface area contributed by atoms with Crippen LogP contribution in [0.3, 0.4) is 0 Å². The number of nitrogens with zero attached hydrogens (tertiary/aromatic N) is 1. The number of nitrogens with two attached hydrogens (primary N) is 1. The normalized spacial score (nSPS) is 12.9. The fraction of sp³-hybridized carbons (Fsp3) is 0.533. The fourth-order valence-corrected chi connectivity index (χ4v) is 1.77. The lowest BCUT2D eigenvalue weighted by Gasteiger charge is -2.12. The summed E-state index contributed by atoms with van der Waals surface area (Å²) in [5.74, 6) is 2.14. The Labute approximate surface area is 121 Å². The second-order valence-corrected chi connectivity index (χ2v) is 4.65. The number of benzene rings is 1. The van der Waals surface area contributed by atoms with E-state index in [4.69, 9.17) is 15.2 Å². The van der Waals surface area contributed by atoms with Gasteiger partial charge in [0.05, 0.1) is 14.2 Å². The van der Waals surface area contributed by atoms with Crippen molar-refractivity contribution in [1.82, 2.24) is 5.32 Å². The van der Waals surface area contributed by atoms with Gasteiger partial charge in [-0.25, -0.2) is 0 Å². The summed E-state index contributed by atoms with van der Waals surface area (Å²) in [5, 5.41) is 3.14. The van der Waals surface area contributed by atoms with Gasteiger partial charge in [0.1, 0.15) is 11.5 Å². The van der Waals surface area contributed by atoms with Crippen LogP contribution >= 0.6 is 0 Å². The van der Waals surface area contributed by atoms with Crippen LogP contribution in [0.4, 0.5) is 0 Å². The van der Waals surface area contributed by atoms with E-state index in [-0.39, 0.29) is 0 Å². The van der Waals surface area contributed by atoms with Gasteiger partial charge in [-0.15, -0.1) is 0 Å². The van der Waals surface area contributed by atoms with Gasteiger partial charge in [-0.05, 0) is 43.5 Å². The Hall–Kier alpha value is -1.91. The van der Waals surface area contributed by atoms with E-state index < -0.39 is 0 Å². The maximum atomic E-state index is 5.82. The van der Waals surface area contributed by atoms with E-state index >= 15 is 0 Å². The molecule has 0 fully saturated rings. The van der Waals surface area contributed by atoms with Crippen LogP contribution < -0.4 is 20.5 Å². The Morgan fingerprint density at radius 3 is 2.70 bits per heavy atom. The smallest absolute Gasteiger partial charge is 0.188 e. The quantitative estimate of drug-likeness (QED) is 0.591. The molecule has 0 amide bonds. The summed E-state index contributed by atoms with van der Waals surface area (Å²) in [6.45, 7) is 4.79. The van der Waals surface area contributed by atoms with Crippen LogP contribution in [-0.4, -0.2) is 32.8 Å². The molecule has 1 atom stereocenters. The minimum Gasteiger partial charge on any atom is -0.497 e. The first-order valence-electron chi connectivity index (χ1n) is 6.88. The Balaban J connectivity index is 2.62. The Morgan fingerprint density at radius 2 is 2.10 bits per heavy atom. The predicted octanol–water partition coefficient (Wildman–Crippen LogP) is 1.95. The highest BCUT2D eigenvalue weighted by molar-refractivity contribution is 5.78. The van der Waals surface area contributed by atoms with Gasteiger partial charge in [-0.2, -0.15) is 0 Å². The molecule has 5 nitrogen and oxygen atoms in total. The second-order valence-electron chi connectivity index (χ2n) is 4.65. The van der Waals surface area contributed by atoms with Gasteiger partial charge in [0, 0.05) is 12.6 Å². The van der Waals surface area contributed by atoms with Crippen molar-refractivity contribution in [2.45, 2.75) is 32.7 Å². The number of aliphatic imine (C=N–C) groups is 1. The maximum absolute atomic E-state index is 5.82. The van der Waals surface area contributed by atoms with E-state index in [0.717, 1.165) is 29.9 Å². The molecule has 3 N–H and O–H groups in total. The summed E-state index contributed by atoms with van der Waals surface area (Å²) in [6.07, 6.45) is 1.77. The average Bonchev–Trinajstić information content (AvgIpc) is 2.46. The first-order valence-corrected chi connectivity index (χ1v) is 6.88. The van der Waals surface area contributed by atoms with Crippen molar-refractivity contribution < 1.29 is 9.47 Å². The van der Waals surface area contributed by atoms with Crippen molar-refractivity contribution in [3.63, 3.8) is 0 Å². The van der Waals surface area contributed by atoms with Crippen molar-refractivity contribution in [2.75, 3.05) is 20.8 Å². The number of ether oxygens (including phenoxy) is 2. The van der Waals surface area contributed by atoms with E-state index in [1.165, 1.54) is 0 Å². The third kappa shape index (κ3) is 4.99. The lowest BCUT2D eigenvalue weighted by Crippen LogP contribution is -2.38. The summed E-state index contributed by atoms with van der Waals surface area (Å²) in [6, 6.07) is 6.08. The standard InChI is InChI=1S/C15H25N3O2/c1-5-11(2)18-15(16)17-9-8-12-10-13(19-3)6-7-14(12)20-4/h6-7,10-11H,5,8-9H2,1-4H3,(H3,16,17,18). The third-order valence-electron chi connectivity index (χ3n) is 3.16. The monoisotopic (exact) mass is 279 g/mol. The van der Waals surface area contributed by atoms with Gasteiger partial charge >= 0.3 is 0 Å². The molecule has 0 heterocycles. The number of nitrogens with one attached hydrogen (secondary N) is 1. The zero-order valence-corrected chi connectivity index (χ0v) is 12.8. The topological polar surface area (TPSA) is 68.9 Å². The van der Waals surface area contributed by atoms with Gasteiger partial charge < -0.3 is 20.5 Å². The zero-order chi connectivity index (χ0) is 15.0. The number of hydrogen-bond donors (Lipinski definition) is 2. The summed E-state index contributed by atoms with van der Waals surface area (Å²) < 4.78 is 10.6. The Kier molecular flexibility index (Phi) is 6.70. The molecule has 0 aromatic heterocycles.